The smallest absolute Gasteiger partial charge is 0.325 e. The van der Waals surface area contributed by atoms with Crippen molar-refractivity contribution < 1.29 is 23.8 Å². The van der Waals surface area contributed by atoms with E-state index in [1.54, 1.807) is 47.1 Å². The SMILES string of the molecule is COc1ccc(OC)c(N2CCN(CC(=O)N3CCOCC3)C2=O)c1. The molecule has 1 aromatic rings. The first-order chi connectivity index (χ1) is 12.1. The molecule has 8 heteroatoms. The zero-order valence-electron chi connectivity index (χ0n) is 14.6. The molecular weight excluding hydrogens is 326 g/mol. The number of benzene rings is 1. The fraction of sp³-hybridized carbons (Fsp3) is 0.529. The predicted molar refractivity (Wildman–Crippen MR) is 91.3 cm³/mol. The highest BCUT2D eigenvalue weighted by Crippen LogP contribution is 2.34. The summed E-state index contributed by atoms with van der Waals surface area (Å²) in [4.78, 5) is 30.1. The Morgan fingerprint density at radius 1 is 1.12 bits per heavy atom. The van der Waals surface area contributed by atoms with Crippen LogP contribution in [0.2, 0.25) is 0 Å². The summed E-state index contributed by atoms with van der Waals surface area (Å²) in [7, 11) is 3.14. The van der Waals surface area contributed by atoms with E-state index in [2.05, 4.69) is 0 Å². The molecule has 0 radical (unpaired) electrons. The Balaban J connectivity index is 1.70. The third kappa shape index (κ3) is 3.63. The maximum atomic E-state index is 12.8. The number of ether oxygens (including phenoxy) is 3. The zero-order valence-corrected chi connectivity index (χ0v) is 14.6. The van der Waals surface area contributed by atoms with Gasteiger partial charge in [-0.15, -0.1) is 0 Å². The fourth-order valence-corrected chi connectivity index (χ4v) is 3.04. The normalized spacial score (nSPS) is 17.8. The van der Waals surface area contributed by atoms with Crippen molar-refractivity contribution >= 4 is 17.6 Å². The molecule has 0 saturated carbocycles. The first-order valence-corrected chi connectivity index (χ1v) is 8.28. The van der Waals surface area contributed by atoms with Crippen LogP contribution in [0, 0.1) is 0 Å². The van der Waals surface area contributed by atoms with E-state index in [9.17, 15) is 9.59 Å². The van der Waals surface area contributed by atoms with Gasteiger partial charge in [0.15, 0.2) is 0 Å². The highest BCUT2D eigenvalue weighted by atomic mass is 16.5. The molecule has 3 rings (SSSR count). The molecule has 0 atom stereocenters. The van der Waals surface area contributed by atoms with Gasteiger partial charge in [-0.1, -0.05) is 0 Å². The molecule has 0 spiro atoms. The maximum absolute atomic E-state index is 12.8. The van der Waals surface area contributed by atoms with Crippen molar-refractivity contribution in [1.29, 1.82) is 0 Å². The largest absolute Gasteiger partial charge is 0.497 e. The summed E-state index contributed by atoms with van der Waals surface area (Å²) in [6, 6.07) is 5.11. The van der Waals surface area contributed by atoms with Crippen LogP contribution in [0.1, 0.15) is 0 Å². The summed E-state index contributed by atoms with van der Waals surface area (Å²) in [6.45, 7) is 3.33. The van der Waals surface area contributed by atoms with Gasteiger partial charge in [0, 0.05) is 32.2 Å². The second-order valence-electron chi connectivity index (χ2n) is 5.89. The Kier molecular flexibility index (Phi) is 5.28. The molecule has 136 valence electrons. The molecule has 2 aliphatic rings. The van der Waals surface area contributed by atoms with Crippen LogP contribution in [-0.2, 0) is 9.53 Å². The van der Waals surface area contributed by atoms with Crippen LogP contribution >= 0.6 is 0 Å². The third-order valence-electron chi connectivity index (χ3n) is 4.46. The van der Waals surface area contributed by atoms with Crippen molar-refractivity contribution in [3.63, 3.8) is 0 Å². The predicted octanol–water partition coefficient (Wildman–Crippen LogP) is 0.805. The molecule has 2 saturated heterocycles. The molecule has 0 aliphatic carbocycles. The minimum absolute atomic E-state index is 0.0453. The van der Waals surface area contributed by atoms with Crippen LogP contribution in [0.3, 0.4) is 0 Å². The number of carbonyl (C=O) groups excluding carboxylic acids is 2. The van der Waals surface area contributed by atoms with Gasteiger partial charge in [-0.2, -0.15) is 0 Å². The number of morpholine rings is 1. The molecular formula is C17H23N3O5. The Morgan fingerprint density at radius 3 is 2.56 bits per heavy atom. The molecule has 8 nitrogen and oxygen atoms in total. The van der Waals surface area contributed by atoms with E-state index in [-0.39, 0.29) is 18.5 Å². The highest BCUT2D eigenvalue weighted by Gasteiger charge is 2.33. The van der Waals surface area contributed by atoms with Crippen LogP contribution in [0.15, 0.2) is 18.2 Å². The number of amides is 3. The quantitative estimate of drug-likeness (QED) is 0.786. The maximum Gasteiger partial charge on any atom is 0.325 e. The van der Waals surface area contributed by atoms with Gasteiger partial charge >= 0.3 is 6.03 Å². The van der Waals surface area contributed by atoms with Crippen LogP contribution in [-0.4, -0.2) is 81.9 Å². The lowest BCUT2D eigenvalue weighted by Gasteiger charge is -2.28. The average Bonchev–Trinajstić information content (AvgIpc) is 3.02. The average molecular weight is 349 g/mol. The van der Waals surface area contributed by atoms with Crippen LogP contribution < -0.4 is 14.4 Å². The summed E-state index contributed by atoms with van der Waals surface area (Å²) in [5.74, 6) is 1.19. The van der Waals surface area contributed by atoms with Crippen LogP contribution in [0.4, 0.5) is 10.5 Å². The zero-order chi connectivity index (χ0) is 17.8. The van der Waals surface area contributed by atoms with Crippen molar-refractivity contribution in [2.24, 2.45) is 0 Å². The summed E-state index contributed by atoms with van der Waals surface area (Å²) in [5, 5.41) is 0. The Hall–Kier alpha value is -2.48. The van der Waals surface area contributed by atoms with Gasteiger partial charge in [-0.05, 0) is 12.1 Å². The number of methoxy groups -OCH3 is 2. The molecule has 25 heavy (non-hydrogen) atoms. The van der Waals surface area contributed by atoms with Crippen molar-refractivity contribution in [2.75, 3.05) is 65.1 Å². The van der Waals surface area contributed by atoms with Gasteiger partial charge in [0.1, 0.15) is 18.0 Å². The molecule has 2 fully saturated rings. The molecule has 0 bridgehead atoms. The molecule has 0 unspecified atom stereocenters. The van der Waals surface area contributed by atoms with Gasteiger partial charge in [0.25, 0.3) is 0 Å². The first kappa shape index (κ1) is 17.3. The van der Waals surface area contributed by atoms with E-state index in [0.717, 1.165) is 0 Å². The Bertz CT molecular complexity index is 645. The van der Waals surface area contributed by atoms with Gasteiger partial charge in [-0.25, -0.2) is 4.79 Å². The van der Waals surface area contributed by atoms with Crippen LogP contribution in [0.25, 0.3) is 0 Å². The third-order valence-corrected chi connectivity index (χ3v) is 4.46. The summed E-state index contributed by atoms with van der Waals surface area (Å²) < 4.78 is 15.9. The van der Waals surface area contributed by atoms with Crippen molar-refractivity contribution in [1.82, 2.24) is 9.80 Å². The number of rotatable bonds is 5. The number of anilines is 1. The molecule has 0 aromatic heterocycles. The van der Waals surface area contributed by atoms with Crippen molar-refractivity contribution in [3.05, 3.63) is 18.2 Å². The van der Waals surface area contributed by atoms with Gasteiger partial charge in [0.05, 0.1) is 33.1 Å². The van der Waals surface area contributed by atoms with E-state index in [1.165, 1.54) is 0 Å². The summed E-state index contributed by atoms with van der Waals surface area (Å²) in [5.41, 5.74) is 0.646. The fourth-order valence-electron chi connectivity index (χ4n) is 3.04. The Morgan fingerprint density at radius 2 is 1.88 bits per heavy atom. The topological polar surface area (TPSA) is 71.6 Å². The lowest BCUT2D eigenvalue weighted by Crippen LogP contribution is -2.46. The van der Waals surface area contributed by atoms with Gasteiger partial charge < -0.3 is 24.0 Å². The minimum Gasteiger partial charge on any atom is -0.497 e. The summed E-state index contributed by atoms with van der Waals surface area (Å²) >= 11 is 0. The van der Waals surface area contributed by atoms with E-state index >= 15 is 0 Å². The Labute approximate surface area is 146 Å². The van der Waals surface area contributed by atoms with E-state index in [4.69, 9.17) is 14.2 Å². The second kappa shape index (κ2) is 7.60. The molecule has 2 aliphatic heterocycles. The second-order valence-corrected chi connectivity index (χ2v) is 5.89. The lowest BCUT2D eigenvalue weighted by molar-refractivity contribution is -0.135. The molecule has 1 aromatic carbocycles. The van der Waals surface area contributed by atoms with E-state index < -0.39 is 0 Å². The highest BCUT2D eigenvalue weighted by molar-refractivity contribution is 5.97. The van der Waals surface area contributed by atoms with Crippen molar-refractivity contribution in [3.8, 4) is 11.5 Å². The number of hydrogen-bond acceptors (Lipinski definition) is 5. The van der Waals surface area contributed by atoms with Gasteiger partial charge in [-0.3, -0.25) is 9.69 Å². The van der Waals surface area contributed by atoms with Gasteiger partial charge in [0.2, 0.25) is 5.91 Å². The first-order valence-electron chi connectivity index (χ1n) is 8.28. The van der Waals surface area contributed by atoms with Crippen LogP contribution in [0.5, 0.6) is 11.5 Å². The minimum atomic E-state index is -0.201. The van der Waals surface area contributed by atoms with Crippen molar-refractivity contribution in [2.45, 2.75) is 0 Å². The standard InChI is InChI=1S/C17H23N3O5/c1-23-13-3-4-15(24-2)14(11-13)20-6-5-19(17(20)22)12-16(21)18-7-9-25-10-8-18/h3-4,11H,5-10,12H2,1-2H3. The van der Waals surface area contributed by atoms with E-state index in [1.807, 2.05) is 0 Å². The molecule has 0 N–H and O–H groups in total. The van der Waals surface area contributed by atoms with E-state index in [0.29, 0.717) is 56.6 Å². The number of nitrogens with zero attached hydrogens (tertiary/aromatic N) is 3. The number of hydrogen-bond donors (Lipinski definition) is 0. The lowest BCUT2D eigenvalue weighted by atomic mass is 10.2. The monoisotopic (exact) mass is 349 g/mol. The number of urea groups is 1. The molecule has 3 amide bonds. The number of carbonyl (C=O) groups is 2. The molecule has 2 heterocycles. The summed E-state index contributed by atoms with van der Waals surface area (Å²) in [6.07, 6.45) is 0.